The highest BCUT2D eigenvalue weighted by molar-refractivity contribution is 6.30. The second-order valence-corrected chi connectivity index (χ2v) is 7.19. The lowest BCUT2D eigenvalue weighted by molar-refractivity contribution is 0.0927. The summed E-state index contributed by atoms with van der Waals surface area (Å²) in [4.78, 5) is 23.4. The van der Waals surface area contributed by atoms with Crippen molar-refractivity contribution in [3.63, 3.8) is 0 Å². The summed E-state index contributed by atoms with van der Waals surface area (Å²) in [6.45, 7) is 4.40. The first-order valence-corrected chi connectivity index (χ1v) is 9.46. The zero-order chi connectivity index (χ0) is 18.8. The molecule has 1 atom stereocenters. The van der Waals surface area contributed by atoms with Crippen LogP contribution in [-0.2, 0) is 0 Å². The van der Waals surface area contributed by atoms with Gasteiger partial charge in [0.25, 0.3) is 11.7 Å². The molecule has 7 nitrogen and oxygen atoms in total. The lowest BCUT2D eigenvalue weighted by atomic mass is 10.1. The summed E-state index contributed by atoms with van der Waals surface area (Å²) >= 11 is 6.18. The first kappa shape index (κ1) is 17.9. The SMILES string of the molecule is Cc1ccnc2nc(C(=O)NCC(c3cccc(Cl)c3)N3CCCC3)nn12. The fourth-order valence-electron chi connectivity index (χ4n) is 3.50. The topological polar surface area (TPSA) is 75.4 Å². The number of likely N-dealkylation sites (tertiary alicyclic amines) is 1. The van der Waals surface area contributed by atoms with Gasteiger partial charge in [-0.2, -0.15) is 4.98 Å². The van der Waals surface area contributed by atoms with Gasteiger partial charge in [0.05, 0.1) is 6.04 Å². The molecule has 1 unspecified atom stereocenters. The lowest BCUT2D eigenvalue weighted by Crippen LogP contribution is -2.37. The molecule has 0 radical (unpaired) electrons. The number of halogens is 1. The van der Waals surface area contributed by atoms with E-state index < -0.39 is 0 Å². The molecule has 3 aromatic rings. The monoisotopic (exact) mass is 384 g/mol. The molecule has 0 spiro atoms. The number of amides is 1. The maximum absolute atomic E-state index is 12.6. The summed E-state index contributed by atoms with van der Waals surface area (Å²) in [5, 5.41) is 7.96. The number of fused-ring (bicyclic) bond motifs is 1. The van der Waals surface area contributed by atoms with Gasteiger partial charge in [-0.25, -0.2) is 9.50 Å². The molecule has 1 fully saturated rings. The highest BCUT2D eigenvalue weighted by Crippen LogP contribution is 2.26. The van der Waals surface area contributed by atoms with Gasteiger partial charge in [0.2, 0.25) is 5.82 Å². The van der Waals surface area contributed by atoms with Gasteiger partial charge in [-0.15, -0.1) is 5.10 Å². The van der Waals surface area contributed by atoms with Crippen LogP contribution in [0.5, 0.6) is 0 Å². The minimum Gasteiger partial charge on any atom is -0.347 e. The Kier molecular flexibility index (Phi) is 5.05. The van der Waals surface area contributed by atoms with Crippen molar-refractivity contribution in [3.05, 3.63) is 58.6 Å². The van der Waals surface area contributed by atoms with E-state index in [1.54, 1.807) is 10.7 Å². The zero-order valence-corrected chi connectivity index (χ0v) is 15.9. The predicted molar refractivity (Wildman–Crippen MR) is 103 cm³/mol. The molecule has 0 bridgehead atoms. The molecule has 2 aromatic heterocycles. The van der Waals surface area contributed by atoms with Gasteiger partial charge >= 0.3 is 0 Å². The van der Waals surface area contributed by atoms with Crippen LogP contribution in [0.15, 0.2) is 36.5 Å². The Bertz CT molecular complexity index is 966. The highest BCUT2D eigenvalue weighted by atomic mass is 35.5. The smallest absolute Gasteiger partial charge is 0.291 e. The Morgan fingerprint density at radius 3 is 2.85 bits per heavy atom. The number of benzene rings is 1. The van der Waals surface area contributed by atoms with Gasteiger partial charge in [-0.05, 0) is 56.6 Å². The Morgan fingerprint density at radius 1 is 1.30 bits per heavy atom. The Morgan fingerprint density at radius 2 is 2.11 bits per heavy atom. The summed E-state index contributed by atoms with van der Waals surface area (Å²) in [6.07, 6.45) is 4.00. The van der Waals surface area contributed by atoms with Crippen LogP contribution in [0.25, 0.3) is 5.78 Å². The van der Waals surface area contributed by atoms with Crippen molar-refractivity contribution >= 4 is 23.3 Å². The molecular formula is C19H21ClN6O. The number of nitrogens with zero attached hydrogens (tertiary/aromatic N) is 5. The third-order valence-electron chi connectivity index (χ3n) is 4.90. The van der Waals surface area contributed by atoms with E-state index in [9.17, 15) is 4.79 Å². The third kappa shape index (κ3) is 3.79. The van der Waals surface area contributed by atoms with Gasteiger partial charge in [0, 0.05) is 23.5 Å². The van der Waals surface area contributed by atoms with Gasteiger partial charge in [0.15, 0.2) is 0 Å². The number of aryl methyl sites for hydroxylation is 1. The van der Waals surface area contributed by atoms with Crippen molar-refractivity contribution in [2.75, 3.05) is 19.6 Å². The summed E-state index contributed by atoms with van der Waals surface area (Å²) < 4.78 is 1.57. The van der Waals surface area contributed by atoms with Crippen LogP contribution in [-0.4, -0.2) is 50.0 Å². The standard InChI is InChI=1S/C19H21ClN6O/c1-13-7-8-21-19-23-17(24-26(13)19)18(27)22-12-16(25-9-2-3-10-25)14-5-4-6-15(20)11-14/h4-8,11,16H,2-3,9-10,12H2,1H3,(H,22,27). The third-order valence-corrected chi connectivity index (χ3v) is 5.14. The van der Waals surface area contributed by atoms with Gasteiger partial charge in [-0.1, -0.05) is 23.7 Å². The zero-order valence-electron chi connectivity index (χ0n) is 15.1. The van der Waals surface area contributed by atoms with Crippen molar-refractivity contribution in [2.24, 2.45) is 0 Å². The van der Waals surface area contributed by atoms with Gasteiger partial charge in [0.1, 0.15) is 0 Å². The molecule has 1 aliphatic heterocycles. The van der Waals surface area contributed by atoms with Crippen LogP contribution in [0, 0.1) is 6.92 Å². The van der Waals surface area contributed by atoms with Crippen LogP contribution in [0.4, 0.5) is 0 Å². The molecule has 4 rings (SSSR count). The second-order valence-electron chi connectivity index (χ2n) is 6.76. The van der Waals surface area contributed by atoms with Crippen LogP contribution < -0.4 is 5.32 Å². The Labute approximate surface area is 162 Å². The predicted octanol–water partition coefficient (Wildman–Crippen LogP) is 2.65. The minimum absolute atomic E-state index is 0.0760. The van der Waals surface area contributed by atoms with Crippen molar-refractivity contribution in [1.29, 1.82) is 0 Å². The molecule has 1 aliphatic rings. The van der Waals surface area contributed by atoms with E-state index in [2.05, 4.69) is 31.3 Å². The van der Waals surface area contributed by atoms with Gasteiger partial charge in [-0.3, -0.25) is 9.69 Å². The largest absolute Gasteiger partial charge is 0.347 e. The summed E-state index contributed by atoms with van der Waals surface area (Å²) in [5.74, 6) is 0.250. The molecule has 140 valence electrons. The first-order valence-electron chi connectivity index (χ1n) is 9.08. The number of hydrogen-bond acceptors (Lipinski definition) is 5. The lowest BCUT2D eigenvalue weighted by Gasteiger charge is -2.28. The first-order chi connectivity index (χ1) is 13.1. The Balaban J connectivity index is 1.52. The molecular weight excluding hydrogens is 364 g/mol. The van der Waals surface area contributed by atoms with E-state index in [0.717, 1.165) is 24.3 Å². The molecule has 27 heavy (non-hydrogen) atoms. The minimum atomic E-state index is -0.300. The van der Waals surface area contributed by atoms with Crippen molar-refractivity contribution < 1.29 is 4.79 Å². The Hall–Kier alpha value is -2.51. The second kappa shape index (κ2) is 7.62. The van der Waals surface area contributed by atoms with Crippen LogP contribution in [0.2, 0.25) is 5.02 Å². The quantitative estimate of drug-likeness (QED) is 0.731. The van der Waals surface area contributed by atoms with Crippen LogP contribution >= 0.6 is 11.6 Å². The molecule has 1 aromatic carbocycles. The summed E-state index contributed by atoms with van der Waals surface area (Å²) in [6, 6.07) is 9.73. The van der Waals surface area contributed by atoms with E-state index in [-0.39, 0.29) is 17.8 Å². The molecule has 0 aliphatic carbocycles. The van der Waals surface area contributed by atoms with E-state index in [4.69, 9.17) is 11.6 Å². The number of carbonyl (C=O) groups excluding carboxylic acids is 1. The maximum Gasteiger partial charge on any atom is 0.291 e. The maximum atomic E-state index is 12.6. The van der Waals surface area contributed by atoms with Crippen LogP contribution in [0.1, 0.15) is 40.8 Å². The average molecular weight is 385 g/mol. The summed E-state index contributed by atoms with van der Waals surface area (Å²) in [5.41, 5.74) is 1.98. The number of carbonyl (C=O) groups is 1. The fourth-order valence-corrected chi connectivity index (χ4v) is 3.69. The van der Waals surface area contributed by atoms with Gasteiger partial charge < -0.3 is 5.32 Å². The van der Waals surface area contributed by atoms with E-state index in [0.29, 0.717) is 17.3 Å². The summed E-state index contributed by atoms with van der Waals surface area (Å²) in [7, 11) is 0. The van der Waals surface area contributed by atoms with E-state index >= 15 is 0 Å². The molecule has 3 heterocycles. The molecule has 8 heteroatoms. The number of rotatable bonds is 5. The number of nitrogens with one attached hydrogen (secondary N) is 1. The fraction of sp³-hybridized carbons (Fsp3) is 0.368. The van der Waals surface area contributed by atoms with E-state index in [1.165, 1.54) is 12.8 Å². The van der Waals surface area contributed by atoms with Crippen LogP contribution in [0.3, 0.4) is 0 Å². The van der Waals surface area contributed by atoms with Crippen molar-refractivity contribution in [3.8, 4) is 0 Å². The highest BCUT2D eigenvalue weighted by Gasteiger charge is 2.25. The molecule has 0 saturated carbocycles. The number of aromatic nitrogens is 4. The van der Waals surface area contributed by atoms with Crippen molar-refractivity contribution in [1.82, 2.24) is 29.8 Å². The number of hydrogen-bond donors (Lipinski definition) is 1. The van der Waals surface area contributed by atoms with Crippen molar-refractivity contribution in [2.45, 2.75) is 25.8 Å². The molecule has 1 N–H and O–H groups in total. The average Bonchev–Trinajstić information content (AvgIpc) is 3.32. The van der Waals surface area contributed by atoms with E-state index in [1.807, 2.05) is 31.2 Å². The molecule has 1 amide bonds. The normalized spacial score (nSPS) is 15.9. The molecule has 1 saturated heterocycles.